The molecule has 0 unspecified atom stereocenters. The molecule has 9 heteroatoms. The molecule has 0 aliphatic carbocycles. The zero-order valence-electron chi connectivity index (χ0n) is 16.6. The van der Waals surface area contributed by atoms with Crippen molar-refractivity contribution in [2.45, 2.75) is 32.6 Å². The van der Waals surface area contributed by atoms with Gasteiger partial charge < -0.3 is 30.3 Å². The maximum absolute atomic E-state index is 10.8. The van der Waals surface area contributed by atoms with Gasteiger partial charge in [-0.3, -0.25) is 4.79 Å². The first kappa shape index (κ1) is 25.2. The van der Waals surface area contributed by atoms with Crippen molar-refractivity contribution in [2.75, 3.05) is 33.9 Å². The minimum Gasteiger partial charge on any atom is -0.497 e. The summed E-state index contributed by atoms with van der Waals surface area (Å²) in [6, 6.07) is 5.86. The van der Waals surface area contributed by atoms with Crippen LogP contribution in [0.15, 0.2) is 18.2 Å². The summed E-state index contributed by atoms with van der Waals surface area (Å²) < 4.78 is 10.7. The first-order valence-corrected chi connectivity index (χ1v) is 8.92. The van der Waals surface area contributed by atoms with Crippen LogP contribution in [0.1, 0.15) is 31.7 Å². The molecule has 1 rings (SSSR count). The molecule has 0 bridgehead atoms. The van der Waals surface area contributed by atoms with Crippen molar-refractivity contribution >= 4 is 17.8 Å². The molecule has 0 saturated heterocycles. The van der Waals surface area contributed by atoms with Crippen LogP contribution in [0.25, 0.3) is 0 Å². The van der Waals surface area contributed by atoms with Gasteiger partial charge in [0.2, 0.25) is 5.91 Å². The molecule has 4 N–H and O–H groups in total. The quantitative estimate of drug-likeness (QED) is 0.475. The summed E-state index contributed by atoms with van der Waals surface area (Å²) in [4.78, 5) is 31.4. The average Bonchev–Trinajstić information content (AvgIpc) is 2.65. The lowest BCUT2D eigenvalue weighted by Crippen LogP contribution is -2.29. The van der Waals surface area contributed by atoms with Crippen LogP contribution in [0.3, 0.4) is 0 Å². The molecule has 0 aliphatic heterocycles. The molecule has 158 valence electrons. The summed E-state index contributed by atoms with van der Waals surface area (Å²) >= 11 is 0. The molecule has 1 aromatic carbocycles. The Kier molecular flexibility index (Phi) is 12.8. The fourth-order valence-corrected chi connectivity index (χ4v) is 2.48. The van der Waals surface area contributed by atoms with Crippen molar-refractivity contribution < 1.29 is 34.1 Å². The van der Waals surface area contributed by atoms with E-state index < -0.39 is 11.9 Å². The molecule has 9 nitrogen and oxygen atoms in total. The molecule has 0 heterocycles. The second-order valence-electron chi connectivity index (χ2n) is 5.95. The molecule has 0 spiro atoms. The Labute approximate surface area is 165 Å². The van der Waals surface area contributed by atoms with Crippen molar-refractivity contribution in [1.82, 2.24) is 4.90 Å². The summed E-state index contributed by atoms with van der Waals surface area (Å²) in [5.74, 6) is -2.16. The van der Waals surface area contributed by atoms with Crippen LogP contribution in [0.4, 0.5) is 0 Å². The maximum Gasteiger partial charge on any atom is 0.414 e. The molecule has 1 amide bonds. The number of hydrogen-bond acceptors (Lipinski definition) is 6. The Morgan fingerprint density at radius 3 is 2.14 bits per heavy atom. The molecule has 0 atom stereocenters. The van der Waals surface area contributed by atoms with Gasteiger partial charge in [-0.15, -0.1) is 0 Å². The van der Waals surface area contributed by atoms with E-state index in [2.05, 4.69) is 11.8 Å². The summed E-state index contributed by atoms with van der Waals surface area (Å²) in [7, 11) is 3.35. The highest BCUT2D eigenvalue weighted by atomic mass is 16.5. The van der Waals surface area contributed by atoms with Crippen molar-refractivity contribution in [1.29, 1.82) is 0 Å². The van der Waals surface area contributed by atoms with E-state index in [4.69, 9.17) is 35.0 Å². The van der Waals surface area contributed by atoms with Gasteiger partial charge in [-0.25, -0.2) is 9.59 Å². The number of rotatable bonds is 11. The largest absolute Gasteiger partial charge is 0.497 e. The summed E-state index contributed by atoms with van der Waals surface area (Å²) in [6.07, 6.45) is 3.23. The topological polar surface area (TPSA) is 139 Å². The molecule has 0 saturated carbocycles. The minimum absolute atomic E-state index is 0.231. The first-order chi connectivity index (χ1) is 13.2. The highest BCUT2D eigenvalue weighted by Crippen LogP contribution is 2.24. The number of ether oxygens (including phenoxy) is 2. The van der Waals surface area contributed by atoms with Gasteiger partial charge >= 0.3 is 11.9 Å². The average molecular weight is 398 g/mol. The van der Waals surface area contributed by atoms with Crippen LogP contribution < -0.4 is 15.2 Å². The van der Waals surface area contributed by atoms with Crippen LogP contribution in [-0.4, -0.2) is 66.8 Å². The summed E-state index contributed by atoms with van der Waals surface area (Å²) in [6.45, 7) is 5.00. The van der Waals surface area contributed by atoms with Gasteiger partial charge in [0.25, 0.3) is 0 Å². The monoisotopic (exact) mass is 398 g/mol. The number of hydrogen-bond donors (Lipinski definition) is 3. The number of amides is 1. The molecule has 0 aromatic heterocycles. The SMILES string of the molecule is CCCN(CCCC(N)=O)CCc1cc(OC)ccc1OC.O=C(O)C(=O)O. The Morgan fingerprint density at radius 1 is 1.04 bits per heavy atom. The Morgan fingerprint density at radius 2 is 1.68 bits per heavy atom. The predicted molar refractivity (Wildman–Crippen MR) is 104 cm³/mol. The zero-order chi connectivity index (χ0) is 21.5. The lowest BCUT2D eigenvalue weighted by molar-refractivity contribution is -0.159. The number of carbonyl (C=O) groups is 3. The summed E-state index contributed by atoms with van der Waals surface area (Å²) in [5, 5.41) is 14.8. The number of carbonyl (C=O) groups excluding carboxylic acids is 1. The van der Waals surface area contributed by atoms with E-state index in [1.165, 1.54) is 0 Å². The standard InChI is InChI=1S/C17H28N2O3.C2H2O4/c1-4-10-19(11-5-6-17(18)20)12-9-14-13-15(21-2)7-8-16(14)22-3;3-1(4)2(5)6/h7-8,13H,4-6,9-12H2,1-3H3,(H2,18,20);(H,3,4)(H,5,6). The second kappa shape index (κ2) is 14.3. The van der Waals surface area contributed by atoms with Crippen molar-refractivity contribution in [3.05, 3.63) is 23.8 Å². The third kappa shape index (κ3) is 11.0. The Hall–Kier alpha value is -2.81. The third-order valence-electron chi connectivity index (χ3n) is 3.81. The molecule has 0 radical (unpaired) electrons. The van der Waals surface area contributed by atoms with E-state index in [9.17, 15) is 4.79 Å². The van der Waals surface area contributed by atoms with E-state index in [-0.39, 0.29) is 5.91 Å². The van der Waals surface area contributed by atoms with E-state index in [1.54, 1.807) is 14.2 Å². The summed E-state index contributed by atoms with van der Waals surface area (Å²) in [5.41, 5.74) is 6.34. The fraction of sp³-hybridized carbons (Fsp3) is 0.526. The van der Waals surface area contributed by atoms with Crippen LogP contribution in [0.2, 0.25) is 0 Å². The first-order valence-electron chi connectivity index (χ1n) is 8.92. The van der Waals surface area contributed by atoms with Gasteiger partial charge in [0.05, 0.1) is 14.2 Å². The molecule has 1 aromatic rings. The number of carboxylic acids is 2. The van der Waals surface area contributed by atoms with Gasteiger partial charge in [-0.1, -0.05) is 6.92 Å². The van der Waals surface area contributed by atoms with Gasteiger partial charge in [-0.2, -0.15) is 0 Å². The highest BCUT2D eigenvalue weighted by Gasteiger charge is 2.09. The van der Waals surface area contributed by atoms with Crippen LogP contribution in [0.5, 0.6) is 11.5 Å². The number of nitrogens with two attached hydrogens (primary N) is 1. The van der Waals surface area contributed by atoms with Gasteiger partial charge in [0.15, 0.2) is 0 Å². The van der Waals surface area contributed by atoms with Crippen LogP contribution in [0, 0.1) is 0 Å². The van der Waals surface area contributed by atoms with Crippen LogP contribution >= 0.6 is 0 Å². The van der Waals surface area contributed by atoms with Crippen molar-refractivity contribution in [3.63, 3.8) is 0 Å². The van der Waals surface area contributed by atoms with E-state index in [0.29, 0.717) is 6.42 Å². The number of aliphatic carboxylic acids is 2. The molecular formula is C19H30N2O7. The van der Waals surface area contributed by atoms with Gasteiger partial charge in [0.1, 0.15) is 11.5 Å². The van der Waals surface area contributed by atoms with Crippen molar-refractivity contribution in [3.8, 4) is 11.5 Å². The van der Waals surface area contributed by atoms with Gasteiger partial charge in [0, 0.05) is 13.0 Å². The number of nitrogens with zero attached hydrogens (tertiary/aromatic N) is 1. The number of benzene rings is 1. The zero-order valence-corrected chi connectivity index (χ0v) is 16.6. The molecule has 28 heavy (non-hydrogen) atoms. The molecule has 0 aliphatic rings. The van der Waals surface area contributed by atoms with Gasteiger partial charge in [-0.05, 0) is 56.1 Å². The second-order valence-corrected chi connectivity index (χ2v) is 5.95. The highest BCUT2D eigenvalue weighted by molar-refractivity contribution is 6.27. The Balaban J connectivity index is 0.00000105. The van der Waals surface area contributed by atoms with Crippen LogP contribution in [-0.2, 0) is 20.8 Å². The fourth-order valence-electron chi connectivity index (χ4n) is 2.48. The minimum atomic E-state index is -1.82. The Bertz CT molecular complexity index is 623. The normalized spacial score (nSPS) is 10.0. The van der Waals surface area contributed by atoms with Crippen molar-refractivity contribution in [2.24, 2.45) is 5.73 Å². The third-order valence-corrected chi connectivity index (χ3v) is 3.81. The number of methoxy groups -OCH3 is 2. The smallest absolute Gasteiger partial charge is 0.414 e. The van der Waals surface area contributed by atoms with E-state index >= 15 is 0 Å². The lowest BCUT2D eigenvalue weighted by Gasteiger charge is -2.22. The lowest BCUT2D eigenvalue weighted by atomic mass is 10.1. The number of primary amides is 1. The predicted octanol–water partition coefficient (Wildman–Crippen LogP) is 1.38. The maximum atomic E-state index is 10.8. The molecular weight excluding hydrogens is 368 g/mol. The molecule has 0 fully saturated rings. The number of carboxylic acid groups (broad SMARTS) is 2. The van der Waals surface area contributed by atoms with E-state index in [1.807, 2.05) is 18.2 Å². The van der Waals surface area contributed by atoms with E-state index in [0.717, 1.165) is 56.0 Å².